The number of hydrogen-bond acceptors (Lipinski definition) is 9. The van der Waals surface area contributed by atoms with E-state index >= 15 is 0 Å². The monoisotopic (exact) mass is 556 g/mol. The van der Waals surface area contributed by atoms with E-state index in [2.05, 4.69) is 4.99 Å². The number of halogens is 1. The first-order chi connectivity index (χ1) is 18.3. The summed E-state index contributed by atoms with van der Waals surface area (Å²) < 4.78 is 29.4. The van der Waals surface area contributed by atoms with E-state index in [1.807, 2.05) is 0 Å². The molecule has 0 amide bonds. The number of methoxy groups -OCH3 is 3. The molecule has 1 atom stereocenters. The van der Waals surface area contributed by atoms with Crippen LogP contribution in [0.5, 0.6) is 28.7 Å². The van der Waals surface area contributed by atoms with E-state index in [4.69, 9.17) is 35.3 Å². The molecule has 198 valence electrons. The molecular weight excluding hydrogens is 532 g/mol. The number of carbonyl (C=O) groups is 1. The van der Waals surface area contributed by atoms with Crippen LogP contribution in [-0.2, 0) is 4.79 Å². The highest BCUT2D eigenvalue weighted by molar-refractivity contribution is 7.07. The molecule has 2 aliphatic heterocycles. The predicted octanol–water partition coefficient (Wildman–Crippen LogP) is 3.62. The molecule has 5 rings (SSSR count). The van der Waals surface area contributed by atoms with Gasteiger partial charge in [0.25, 0.3) is 5.56 Å². The standard InChI is InChI=1S/C27H25ClN2O7S/c1-6-17(31)23-13(2)29-27-30(24(23)15-8-20(33-3)25(35-5)21(9-15)34-4)26(32)22(38-27)10-14-7-18-19(11-16(14)28)37-12-36-18/h7-11,24H,6,12H2,1-5H3/b22-10+. The summed E-state index contributed by atoms with van der Waals surface area (Å²) in [5.74, 6) is 2.22. The summed E-state index contributed by atoms with van der Waals surface area (Å²) in [4.78, 5) is 32.2. The molecule has 0 saturated heterocycles. The lowest BCUT2D eigenvalue weighted by Crippen LogP contribution is -2.39. The number of benzene rings is 2. The van der Waals surface area contributed by atoms with Crippen LogP contribution in [0.4, 0.5) is 0 Å². The zero-order chi connectivity index (χ0) is 27.1. The average molecular weight is 557 g/mol. The molecule has 0 radical (unpaired) electrons. The second-order valence-electron chi connectivity index (χ2n) is 8.54. The minimum absolute atomic E-state index is 0.111. The molecule has 2 aromatic carbocycles. The maximum atomic E-state index is 13.9. The number of allylic oxidation sites excluding steroid dienone is 2. The van der Waals surface area contributed by atoms with Crippen molar-refractivity contribution in [2.75, 3.05) is 28.1 Å². The van der Waals surface area contributed by atoms with Crippen LogP contribution in [0.2, 0.25) is 5.02 Å². The third-order valence-electron chi connectivity index (χ3n) is 6.42. The third kappa shape index (κ3) is 4.23. The highest BCUT2D eigenvalue weighted by Gasteiger charge is 2.33. The van der Waals surface area contributed by atoms with Crippen molar-refractivity contribution in [3.63, 3.8) is 0 Å². The van der Waals surface area contributed by atoms with Crippen molar-refractivity contribution in [3.05, 3.63) is 71.4 Å². The normalized spacial score (nSPS) is 16.3. The Hall–Kier alpha value is -3.76. The zero-order valence-corrected chi connectivity index (χ0v) is 23.0. The number of aromatic nitrogens is 1. The van der Waals surface area contributed by atoms with E-state index in [1.54, 1.807) is 44.2 Å². The lowest BCUT2D eigenvalue weighted by atomic mass is 9.91. The Bertz CT molecular complexity index is 1650. The van der Waals surface area contributed by atoms with Crippen molar-refractivity contribution < 1.29 is 28.5 Å². The van der Waals surface area contributed by atoms with Crippen LogP contribution in [-0.4, -0.2) is 38.5 Å². The van der Waals surface area contributed by atoms with Gasteiger partial charge in [0.1, 0.15) is 0 Å². The lowest BCUT2D eigenvalue weighted by Gasteiger charge is -2.26. The van der Waals surface area contributed by atoms with E-state index in [9.17, 15) is 9.59 Å². The van der Waals surface area contributed by atoms with Gasteiger partial charge in [0.15, 0.2) is 33.6 Å². The molecule has 0 spiro atoms. The summed E-state index contributed by atoms with van der Waals surface area (Å²) >= 11 is 7.69. The Kier molecular flexibility index (Phi) is 6.93. The average Bonchev–Trinajstić information content (AvgIpc) is 3.49. The molecule has 0 aliphatic carbocycles. The van der Waals surface area contributed by atoms with Crippen LogP contribution in [0.15, 0.2) is 45.3 Å². The van der Waals surface area contributed by atoms with E-state index < -0.39 is 6.04 Å². The molecule has 2 aliphatic rings. The number of fused-ring (bicyclic) bond motifs is 2. The first kappa shape index (κ1) is 25.9. The molecule has 0 N–H and O–H groups in total. The molecule has 9 nitrogen and oxygen atoms in total. The van der Waals surface area contributed by atoms with E-state index in [-0.39, 0.29) is 24.6 Å². The quantitative estimate of drug-likeness (QED) is 0.438. The van der Waals surface area contributed by atoms with Gasteiger partial charge >= 0.3 is 0 Å². The number of rotatable bonds is 7. The molecule has 1 aromatic heterocycles. The Labute approximate surface area is 227 Å². The summed E-state index contributed by atoms with van der Waals surface area (Å²) in [6.07, 6.45) is 1.95. The molecule has 38 heavy (non-hydrogen) atoms. The summed E-state index contributed by atoms with van der Waals surface area (Å²) in [7, 11) is 4.54. The van der Waals surface area contributed by atoms with Gasteiger partial charge in [-0.3, -0.25) is 14.2 Å². The van der Waals surface area contributed by atoms with Gasteiger partial charge in [-0.15, -0.1) is 0 Å². The van der Waals surface area contributed by atoms with Crippen molar-refractivity contribution in [1.29, 1.82) is 0 Å². The van der Waals surface area contributed by atoms with Crippen molar-refractivity contribution >= 4 is 34.8 Å². The second-order valence-corrected chi connectivity index (χ2v) is 9.96. The minimum Gasteiger partial charge on any atom is -0.493 e. The smallest absolute Gasteiger partial charge is 0.271 e. The van der Waals surface area contributed by atoms with E-state index in [0.29, 0.717) is 65.5 Å². The zero-order valence-electron chi connectivity index (χ0n) is 21.4. The number of carbonyl (C=O) groups excluding carboxylic acids is 1. The molecule has 3 aromatic rings. The lowest BCUT2D eigenvalue weighted by molar-refractivity contribution is -0.115. The molecule has 0 bridgehead atoms. The van der Waals surface area contributed by atoms with Crippen molar-refractivity contribution in [2.45, 2.75) is 26.3 Å². The van der Waals surface area contributed by atoms with Crippen LogP contribution < -0.4 is 38.6 Å². The molecular formula is C27H25ClN2O7S. The summed E-state index contributed by atoms with van der Waals surface area (Å²) in [5, 5.41) is 0.416. The third-order valence-corrected chi connectivity index (χ3v) is 7.73. The fourth-order valence-electron chi connectivity index (χ4n) is 4.63. The molecule has 1 unspecified atom stereocenters. The maximum absolute atomic E-state index is 13.9. The molecule has 0 fully saturated rings. The number of hydrogen-bond donors (Lipinski definition) is 0. The number of ketones is 1. The Balaban J connectivity index is 1.76. The van der Waals surface area contributed by atoms with Gasteiger partial charge in [0.2, 0.25) is 12.5 Å². The van der Waals surface area contributed by atoms with Gasteiger partial charge in [-0.2, -0.15) is 0 Å². The van der Waals surface area contributed by atoms with Gasteiger partial charge < -0.3 is 23.7 Å². The van der Waals surface area contributed by atoms with Gasteiger partial charge in [0.05, 0.1) is 36.9 Å². The highest BCUT2D eigenvalue weighted by atomic mass is 35.5. The van der Waals surface area contributed by atoms with Gasteiger partial charge in [-0.1, -0.05) is 29.9 Å². The first-order valence-corrected chi connectivity index (χ1v) is 13.0. The van der Waals surface area contributed by atoms with Crippen LogP contribution in [0.25, 0.3) is 6.08 Å². The highest BCUT2D eigenvalue weighted by Crippen LogP contribution is 2.42. The van der Waals surface area contributed by atoms with Crippen LogP contribution >= 0.6 is 22.9 Å². The Morgan fingerprint density at radius 1 is 1.13 bits per heavy atom. The SMILES string of the molecule is CCC(=O)C1=C(C)N=c2s/c(=C/c3cc4c(cc3Cl)OCO4)c(=O)n2C1c1cc(OC)c(OC)c(OC)c1. The van der Waals surface area contributed by atoms with Gasteiger partial charge in [0, 0.05) is 23.8 Å². The number of Topliss-reactive ketones (excluding diaryl/α,β-unsaturated/α-hetero) is 1. The van der Waals surface area contributed by atoms with Crippen LogP contribution in [0.3, 0.4) is 0 Å². The Morgan fingerprint density at radius 3 is 2.39 bits per heavy atom. The fraction of sp³-hybridized carbons (Fsp3) is 0.296. The van der Waals surface area contributed by atoms with Crippen molar-refractivity contribution in [2.24, 2.45) is 4.99 Å². The summed E-state index contributed by atoms with van der Waals surface area (Å²) in [6.45, 7) is 3.67. The van der Waals surface area contributed by atoms with Crippen LogP contribution in [0, 0.1) is 0 Å². The van der Waals surface area contributed by atoms with Crippen LogP contribution in [0.1, 0.15) is 37.4 Å². The largest absolute Gasteiger partial charge is 0.493 e. The minimum atomic E-state index is -0.748. The topological polar surface area (TPSA) is 97.6 Å². The maximum Gasteiger partial charge on any atom is 0.271 e. The second kappa shape index (κ2) is 10.2. The molecule has 11 heteroatoms. The first-order valence-electron chi connectivity index (χ1n) is 11.8. The number of thiazole rings is 1. The number of nitrogens with zero attached hydrogens (tertiary/aromatic N) is 2. The Morgan fingerprint density at radius 2 is 1.79 bits per heavy atom. The van der Waals surface area contributed by atoms with E-state index in [1.165, 1.54) is 37.2 Å². The predicted molar refractivity (Wildman–Crippen MR) is 143 cm³/mol. The molecule has 0 saturated carbocycles. The summed E-state index contributed by atoms with van der Waals surface area (Å²) in [5.41, 5.74) is 1.90. The van der Waals surface area contributed by atoms with Crippen molar-refractivity contribution in [3.8, 4) is 28.7 Å². The summed E-state index contributed by atoms with van der Waals surface area (Å²) in [6, 6.07) is 6.14. The van der Waals surface area contributed by atoms with Crippen molar-refractivity contribution in [1.82, 2.24) is 4.57 Å². The van der Waals surface area contributed by atoms with Gasteiger partial charge in [-0.25, -0.2) is 4.99 Å². The number of ether oxygens (including phenoxy) is 5. The van der Waals surface area contributed by atoms with Gasteiger partial charge in [-0.05, 0) is 42.3 Å². The van der Waals surface area contributed by atoms with E-state index in [0.717, 1.165) is 0 Å². The fourth-order valence-corrected chi connectivity index (χ4v) is 5.87. The molecule has 3 heterocycles.